The number of hydrogen-bond acceptors (Lipinski definition) is 3. The molecule has 2 rings (SSSR count). The molecule has 2 N–H and O–H groups in total. The first-order valence-electron chi connectivity index (χ1n) is 6.75. The molecule has 1 amide bonds. The highest BCUT2D eigenvalue weighted by atomic mass is 16.5. The van der Waals surface area contributed by atoms with Crippen LogP contribution in [0.15, 0.2) is 0 Å². The minimum atomic E-state index is -0.193. The van der Waals surface area contributed by atoms with E-state index in [1.807, 2.05) is 4.90 Å². The second kappa shape index (κ2) is 5.36. The number of nitrogens with two attached hydrogens (primary N) is 1. The van der Waals surface area contributed by atoms with Gasteiger partial charge in [0, 0.05) is 25.7 Å². The molecular weight excluding hydrogens is 216 g/mol. The average Bonchev–Trinajstić information content (AvgIpc) is 2.74. The number of carbonyl (C=O) groups is 1. The quantitative estimate of drug-likeness (QED) is 0.783. The van der Waals surface area contributed by atoms with Crippen LogP contribution in [-0.2, 0) is 9.53 Å². The van der Waals surface area contributed by atoms with Crippen LogP contribution in [0, 0.1) is 11.8 Å². The van der Waals surface area contributed by atoms with Gasteiger partial charge in [-0.3, -0.25) is 4.79 Å². The molecule has 0 radical (unpaired) electrons. The molecule has 2 aliphatic rings. The van der Waals surface area contributed by atoms with E-state index in [0.29, 0.717) is 11.8 Å². The van der Waals surface area contributed by atoms with E-state index in [1.54, 1.807) is 0 Å². The van der Waals surface area contributed by atoms with Crippen molar-refractivity contribution in [2.75, 3.05) is 19.7 Å². The summed E-state index contributed by atoms with van der Waals surface area (Å²) in [7, 11) is 0. The first-order valence-corrected chi connectivity index (χ1v) is 6.75. The molecule has 17 heavy (non-hydrogen) atoms. The molecule has 3 atom stereocenters. The maximum absolute atomic E-state index is 12.3. The molecule has 0 aromatic heterocycles. The van der Waals surface area contributed by atoms with Crippen molar-refractivity contribution in [1.29, 1.82) is 0 Å². The predicted molar refractivity (Wildman–Crippen MR) is 66.5 cm³/mol. The van der Waals surface area contributed by atoms with Gasteiger partial charge in [-0.1, -0.05) is 6.92 Å². The normalized spacial score (nSPS) is 32.8. The van der Waals surface area contributed by atoms with Gasteiger partial charge in [0.15, 0.2) is 0 Å². The molecular formula is C13H24N2O2. The van der Waals surface area contributed by atoms with Gasteiger partial charge in [-0.25, -0.2) is 0 Å². The Kier molecular flexibility index (Phi) is 4.05. The van der Waals surface area contributed by atoms with Crippen molar-refractivity contribution >= 4 is 5.91 Å². The molecule has 2 fully saturated rings. The van der Waals surface area contributed by atoms with E-state index < -0.39 is 0 Å². The number of hydrogen-bond donors (Lipinski definition) is 1. The number of ether oxygens (including phenoxy) is 1. The molecule has 98 valence electrons. The van der Waals surface area contributed by atoms with Crippen LogP contribution < -0.4 is 5.73 Å². The Morgan fingerprint density at radius 2 is 2.00 bits per heavy atom. The third-order valence-corrected chi connectivity index (χ3v) is 4.23. The fourth-order valence-electron chi connectivity index (χ4n) is 2.84. The summed E-state index contributed by atoms with van der Waals surface area (Å²) in [6.45, 7) is 6.58. The van der Waals surface area contributed by atoms with Crippen LogP contribution in [-0.4, -0.2) is 42.6 Å². The highest BCUT2D eigenvalue weighted by Crippen LogP contribution is 2.25. The fourth-order valence-corrected chi connectivity index (χ4v) is 2.84. The van der Waals surface area contributed by atoms with E-state index in [4.69, 9.17) is 10.5 Å². The number of rotatable bonds is 2. The largest absolute Gasteiger partial charge is 0.368 e. The van der Waals surface area contributed by atoms with Gasteiger partial charge in [-0.05, 0) is 38.0 Å². The van der Waals surface area contributed by atoms with Crippen molar-refractivity contribution in [2.45, 2.75) is 45.3 Å². The number of piperidine rings is 1. The molecule has 2 aliphatic heterocycles. The van der Waals surface area contributed by atoms with E-state index in [2.05, 4.69) is 13.8 Å². The monoisotopic (exact) mass is 240 g/mol. The van der Waals surface area contributed by atoms with E-state index >= 15 is 0 Å². The molecule has 0 aromatic rings. The lowest BCUT2D eigenvalue weighted by atomic mass is 9.90. The second-order valence-corrected chi connectivity index (χ2v) is 5.58. The number of amides is 1. The zero-order chi connectivity index (χ0) is 12.4. The zero-order valence-electron chi connectivity index (χ0n) is 10.9. The van der Waals surface area contributed by atoms with Crippen molar-refractivity contribution in [1.82, 2.24) is 4.90 Å². The second-order valence-electron chi connectivity index (χ2n) is 5.58. The third-order valence-electron chi connectivity index (χ3n) is 4.23. The molecule has 0 saturated carbocycles. The van der Waals surface area contributed by atoms with Gasteiger partial charge in [0.25, 0.3) is 5.91 Å². The van der Waals surface area contributed by atoms with Gasteiger partial charge in [-0.2, -0.15) is 0 Å². The number of likely N-dealkylation sites (tertiary alicyclic amines) is 1. The van der Waals surface area contributed by atoms with Crippen LogP contribution in [0.4, 0.5) is 0 Å². The van der Waals surface area contributed by atoms with Crippen LogP contribution >= 0.6 is 0 Å². The molecule has 3 unspecified atom stereocenters. The smallest absolute Gasteiger partial charge is 0.251 e. The molecule has 0 spiro atoms. The summed E-state index contributed by atoms with van der Waals surface area (Å²) < 4.78 is 5.54. The highest BCUT2D eigenvalue weighted by molar-refractivity contribution is 5.81. The van der Waals surface area contributed by atoms with Crippen molar-refractivity contribution < 1.29 is 9.53 Å². The molecule has 4 heteroatoms. The maximum Gasteiger partial charge on any atom is 0.251 e. The molecule has 4 nitrogen and oxygen atoms in total. The molecule has 2 saturated heterocycles. The lowest BCUT2D eigenvalue weighted by Crippen LogP contribution is -2.47. The molecule has 0 aliphatic carbocycles. The summed E-state index contributed by atoms with van der Waals surface area (Å²) in [5.74, 6) is 1.13. The number of nitrogens with zero attached hydrogens (tertiary/aromatic N) is 1. The Hall–Kier alpha value is -0.610. The molecule has 0 bridgehead atoms. The summed E-state index contributed by atoms with van der Waals surface area (Å²) in [4.78, 5) is 14.2. The van der Waals surface area contributed by atoms with E-state index in [1.165, 1.54) is 0 Å². The predicted octanol–water partition coefficient (Wildman–Crippen LogP) is 0.997. The Bertz CT molecular complexity index is 273. The van der Waals surface area contributed by atoms with Crippen LogP contribution in [0.1, 0.15) is 33.1 Å². The van der Waals surface area contributed by atoms with Crippen LogP contribution in [0.2, 0.25) is 0 Å². The Morgan fingerprint density at radius 1 is 1.35 bits per heavy atom. The lowest BCUT2D eigenvalue weighted by molar-refractivity contribution is -0.144. The zero-order valence-corrected chi connectivity index (χ0v) is 10.9. The SMILES string of the molecule is CC(N)C1CCN(C(=O)C2OCCC2C)CC1. The summed E-state index contributed by atoms with van der Waals surface area (Å²) in [5, 5.41) is 0. The van der Waals surface area contributed by atoms with Crippen molar-refractivity contribution in [2.24, 2.45) is 17.6 Å². The minimum Gasteiger partial charge on any atom is -0.368 e. The van der Waals surface area contributed by atoms with Gasteiger partial charge < -0.3 is 15.4 Å². The van der Waals surface area contributed by atoms with Crippen LogP contribution in [0.3, 0.4) is 0 Å². The first-order chi connectivity index (χ1) is 8.09. The molecule has 2 heterocycles. The summed E-state index contributed by atoms with van der Waals surface area (Å²) in [6, 6.07) is 0.244. The fraction of sp³-hybridized carbons (Fsp3) is 0.923. The van der Waals surface area contributed by atoms with Gasteiger partial charge in [-0.15, -0.1) is 0 Å². The Labute approximate surface area is 103 Å². The van der Waals surface area contributed by atoms with Crippen LogP contribution in [0.5, 0.6) is 0 Å². The van der Waals surface area contributed by atoms with E-state index in [-0.39, 0.29) is 18.1 Å². The van der Waals surface area contributed by atoms with Gasteiger partial charge in [0.05, 0.1) is 0 Å². The summed E-state index contributed by atoms with van der Waals surface area (Å²) in [5.41, 5.74) is 5.90. The first kappa shape index (κ1) is 12.8. The maximum atomic E-state index is 12.3. The van der Waals surface area contributed by atoms with Crippen molar-refractivity contribution in [3.8, 4) is 0 Å². The van der Waals surface area contributed by atoms with Crippen molar-refractivity contribution in [3.63, 3.8) is 0 Å². The Morgan fingerprint density at radius 3 is 2.47 bits per heavy atom. The summed E-state index contributed by atoms with van der Waals surface area (Å²) in [6.07, 6.45) is 2.88. The van der Waals surface area contributed by atoms with Crippen LogP contribution in [0.25, 0.3) is 0 Å². The van der Waals surface area contributed by atoms with Gasteiger partial charge in [0.1, 0.15) is 6.10 Å². The summed E-state index contributed by atoms with van der Waals surface area (Å²) >= 11 is 0. The van der Waals surface area contributed by atoms with E-state index in [0.717, 1.165) is 39.0 Å². The van der Waals surface area contributed by atoms with E-state index in [9.17, 15) is 4.79 Å². The lowest BCUT2D eigenvalue weighted by Gasteiger charge is -2.35. The standard InChI is InChI=1S/C13H24N2O2/c1-9-5-8-17-12(9)13(16)15-6-3-11(4-7-15)10(2)14/h9-12H,3-8,14H2,1-2H3. The third kappa shape index (κ3) is 2.80. The Balaban J connectivity index is 1.86. The topological polar surface area (TPSA) is 55.6 Å². The minimum absolute atomic E-state index is 0.193. The van der Waals surface area contributed by atoms with Gasteiger partial charge >= 0.3 is 0 Å². The average molecular weight is 240 g/mol. The molecule has 0 aromatic carbocycles. The van der Waals surface area contributed by atoms with Gasteiger partial charge in [0.2, 0.25) is 0 Å². The van der Waals surface area contributed by atoms with Crippen molar-refractivity contribution in [3.05, 3.63) is 0 Å². The number of carbonyl (C=O) groups excluding carboxylic acids is 1. The highest BCUT2D eigenvalue weighted by Gasteiger charge is 2.35.